The molecule has 2 atom stereocenters. The van der Waals surface area contributed by atoms with Crippen molar-refractivity contribution >= 4 is 22.8 Å². The monoisotopic (exact) mass is 405 g/mol. The van der Waals surface area contributed by atoms with Gasteiger partial charge in [-0.15, -0.1) is 0 Å². The summed E-state index contributed by atoms with van der Waals surface area (Å²) < 4.78 is 5.48. The smallest absolute Gasteiger partial charge is 0.225 e. The summed E-state index contributed by atoms with van der Waals surface area (Å²) in [5.74, 6) is 1.61. The van der Waals surface area contributed by atoms with Crippen molar-refractivity contribution in [1.29, 1.82) is 0 Å². The van der Waals surface area contributed by atoms with Gasteiger partial charge in [0.05, 0.1) is 30.0 Å². The van der Waals surface area contributed by atoms with Crippen LogP contribution in [0.15, 0.2) is 60.8 Å². The molecule has 3 heterocycles. The number of hydrogen-bond acceptors (Lipinski definition) is 7. The minimum Gasteiger partial charge on any atom is -0.391 e. The maximum Gasteiger partial charge on any atom is 0.225 e. The lowest BCUT2D eigenvalue weighted by Crippen LogP contribution is -2.17. The van der Waals surface area contributed by atoms with E-state index in [1.807, 2.05) is 25.3 Å². The van der Waals surface area contributed by atoms with E-state index in [1.54, 1.807) is 12.5 Å². The van der Waals surface area contributed by atoms with Crippen molar-refractivity contribution in [2.75, 3.05) is 30.9 Å². The maximum atomic E-state index is 5.48. The van der Waals surface area contributed by atoms with Crippen LogP contribution in [0.5, 0.6) is 0 Å². The summed E-state index contributed by atoms with van der Waals surface area (Å²) in [5.41, 5.74) is 4.95. The van der Waals surface area contributed by atoms with Gasteiger partial charge < -0.3 is 25.7 Å². The molecule has 1 aliphatic heterocycles. The number of aromatic nitrogens is 4. The number of benzene rings is 1. The van der Waals surface area contributed by atoms with Crippen LogP contribution in [0.3, 0.4) is 0 Å². The Kier molecular flexibility index (Phi) is 5.94. The summed E-state index contributed by atoms with van der Waals surface area (Å²) in [7, 11) is 1.92. The molecule has 0 amide bonds. The van der Waals surface area contributed by atoms with E-state index in [9.17, 15) is 0 Å². The Labute approximate surface area is 175 Å². The molecular formula is C22H27N7O. The van der Waals surface area contributed by atoms with E-state index in [4.69, 9.17) is 4.74 Å². The van der Waals surface area contributed by atoms with Gasteiger partial charge in [0.2, 0.25) is 5.95 Å². The topological polar surface area (TPSA) is 99.8 Å². The van der Waals surface area contributed by atoms with Crippen LogP contribution in [0.1, 0.15) is 24.9 Å². The number of fused-ring (bicyclic) bond motifs is 1. The highest BCUT2D eigenvalue weighted by Gasteiger charge is 2.19. The summed E-state index contributed by atoms with van der Waals surface area (Å²) in [6.45, 7) is 7.73. The lowest BCUT2D eigenvalue weighted by Gasteiger charge is -2.16. The molecule has 1 fully saturated rings. The van der Waals surface area contributed by atoms with E-state index >= 15 is 0 Å². The number of nitrogens with zero attached hydrogens (tertiary/aromatic N) is 3. The number of rotatable bonds is 8. The molecule has 0 saturated carbocycles. The predicted octanol–water partition coefficient (Wildman–Crippen LogP) is 3.59. The van der Waals surface area contributed by atoms with Crippen LogP contribution in [0.25, 0.3) is 11.0 Å². The molecule has 0 aliphatic carbocycles. The zero-order valence-corrected chi connectivity index (χ0v) is 17.3. The highest BCUT2D eigenvalue weighted by molar-refractivity contribution is 5.75. The molecule has 156 valence electrons. The lowest BCUT2D eigenvalue weighted by molar-refractivity contribution is 0.189. The zero-order valence-electron chi connectivity index (χ0n) is 17.3. The third-order valence-electron chi connectivity index (χ3n) is 5.22. The third kappa shape index (κ3) is 4.60. The quantitative estimate of drug-likeness (QED) is 0.425. The molecule has 30 heavy (non-hydrogen) atoms. The van der Waals surface area contributed by atoms with Crippen LogP contribution in [0, 0.1) is 5.92 Å². The number of ether oxygens (including phenoxy) is 1. The Morgan fingerprint density at radius 2 is 2.23 bits per heavy atom. The Morgan fingerprint density at radius 3 is 3.03 bits per heavy atom. The van der Waals surface area contributed by atoms with Crippen LogP contribution in [0.4, 0.5) is 11.8 Å². The number of aromatic amines is 1. The van der Waals surface area contributed by atoms with Gasteiger partial charge in [-0.2, -0.15) is 4.98 Å². The molecular weight excluding hydrogens is 378 g/mol. The van der Waals surface area contributed by atoms with Gasteiger partial charge in [0.1, 0.15) is 5.82 Å². The Bertz CT molecular complexity index is 1050. The van der Waals surface area contributed by atoms with Crippen LogP contribution in [0.2, 0.25) is 0 Å². The summed E-state index contributed by atoms with van der Waals surface area (Å²) in [5, 5.41) is 9.86. The molecule has 2 aromatic heterocycles. The first kappa shape index (κ1) is 19.9. The average molecular weight is 406 g/mol. The van der Waals surface area contributed by atoms with Gasteiger partial charge in [-0.3, -0.25) is 0 Å². The molecule has 1 saturated heterocycles. The molecule has 4 N–H and O–H groups in total. The van der Waals surface area contributed by atoms with E-state index < -0.39 is 0 Å². The summed E-state index contributed by atoms with van der Waals surface area (Å²) in [4.78, 5) is 16.3. The number of H-pyrrole nitrogens is 1. The van der Waals surface area contributed by atoms with Gasteiger partial charge in [0.15, 0.2) is 0 Å². The first-order valence-electron chi connectivity index (χ1n) is 10.1. The largest absolute Gasteiger partial charge is 0.391 e. The van der Waals surface area contributed by atoms with Crippen molar-refractivity contribution in [3.8, 4) is 0 Å². The normalized spacial score (nSPS) is 17.7. The second-order valence-electron chi connectivity index (χ2n) is 7.37. The Morgan fingerprint density at radius 1 is 1.33 bits per heavy atom. The van der Waals surface area contributed by atoms with Crippen LogP contribution < -0.4 is 16.0 Å². The van der Waals surface area contributed by atoms with Crippen molar-refractivity contribution in [3.05, 3.63) is 66.4 Å². The SMILES string of the molecule is C=C(/C=C(\NC)C1CCOC1)Nc1ccnc(NC(C)c2ccc3nc[nH]c3c2)n1. The summed E-state index contributed by atoms with van der Waals surface area (Å²) in [6.07, 6.45) is 6.45. The van der Waals surface area contributed by atoms with Crippen molar-refractivity contribution < 1.29 is 4.74 Å². The number of nitrogens with one attached hydrogen (secondary N) is 4. The van der Waals surface area contributed by atoms with Gasteiger partial charge in [-0.25, -0.2) is 9.97 Å². The predicted molar refractivity (Wildman–Crippen MR) is 119 cm³/mol. The maximum absolute atomic E-state index is 5.48. The highest BCUT2D eigenvalue weighted by atomic mass is 16.5. The van der Waals surface area contributed by atoms with Gasteiger partial charge in [0, 0.05) is 37.2 Å². The Balaban J connectivity index is 1.42. The second kappa shape index (κ2) is 8.96. The fraction of sp³-hybridized carbons (Fsp3) is 0.318. The molecule has 4 rings (SSSR count). The van der Waals surface area contributed by atoms with Gasteiger partial charge in [-0.05, 0) is 43.2 Å². The van der Waals surface area contributed by atoms with E-state index in [0.29, 0.717) is 17.7 Å². The Hall–Kier alpha value is -3.39. The molecule has 8 nitrogen and oxygen atoms in total. The van der Waals surface area contributed by atoms with E-state index in [2.05, 4.69) is 61.5 Å². The second-order valence-corrected chi connectivity index (χ2v) is 7.37. The molecule has 2 unspecified atom stereocenters. The molecule has 1 aromatic carbocycles. The van der Waals surface area contributed by atoms with Gasteiger partial charge >= 0.3 is 0 Å². The average Bonchev–Trinajstić information content (AvgIpc) is 3.43. The molecule has 0 bridgehead atoms. The first-order chi connectivity index (χ1) is 14.6. The molecule has 0 spiro atoms. The minimum atomic E-state index is 0.0364. The fourth-order valence-electron chi connectivity index (χ4n) is 3.56. The molecule has 0 radical (unpaired) electrons. The van der Waals surface area contributed by atoms with E-state index in [1.165, 1.54) is 0 Å². The molecule has 1 aliphatic rings. The first-order valence-corrected chi connectivity index (χ1v) is 10.1. The summed E-state index contributed by atoms with van der Waals surface area (Å²) in [6, 6.07) is 8.00. The number of hydrogen-bond donors (Lipinski definition) is 4. The molecule has 3 aromatic rings. The van der Waals surface area contributed by atoms with Gasteiger partial charge in [0.25, 0.3) is 0 Å². The van der Waals surface area contributed by atoms with Crippen LogP contribution >= 0.6 is 0 Å². The van der Waals surface area contributed by atoms with Crippen molar-refractivity contribution in [1.82, 2.24) is 25.3 Å². The lowest BCUT2D eigenvalue weighted by atomic mass is 10.0. The van der Waals surface area contributed by atoms with Crippen molar-refractivity contribution in [2.24, 2.45) is 5.92 Å². The fourth-order valence-corrected chi connectivity index (χ4v) is 3.56. The van der Waals surface area contributed by atoms with Crippen molar-refractivity contribution in [2.45, 2.75) is 19.4 Å². The van der Waals surface area contributed by atoms with E-state index in [-0.39, 0.29) is 6.04 Å². The molecule has 8 heteroatoms. The summed E-state index contributed by atoms with van der Waals surface area (Å²) >= 11 is 0. The highest BCUT2D eigenvalue weighted by Crippen LogP contribution is 2.22. The van der Waals surface area contributed by atoms with Crippen LogP contribution in [-0.4, -0.2) is 40.2 Å². The zero-order chi connectivity index (χ0) is 20.9. The standard InChI is InChI=1S/C22H27N7O/c1-14(10-19(23-3)17-7-9-30-12-17)27-21-6-8-24-22(29-21)28-15(2)16-4-5-18-20(11-16)26-13-25-18/h4-6,8,10-11,13,15,17,23H,1,7,9,12H2,2-3H3,(H,25,26)(H2,24,27,28,29)/b19-10-. The third-order valence-corrected chi connectivity index (χ3v) is 5.22. The minimum absolute atomic E-state index is 0.0364. The van der Waals surface area contributed by atoms with Crippen LogP contribution in [-0.2, 0) is 4.74 Å². The number of allylic oxidation sites excluding steroid dienone is 1. The number of imidazole rings is 1. The van der Waals surface area contributed by atoms with Crippen molar-refractivity contribution in [3.63, 3.8) is 0 Å². The van der Waals surface area contributed by atoms with E-state index in [0.717, 1.165) is 47.6 Å². The van der Waals surface area contributed by atoms with Gasteiger partial charge in [-0.1, -0.05) is 12.6 Å². The number of anilines is 2.